The van der Waals surface area contributed by atoms with E-state index in [1.807, 2.05) is 20.8 Å². The zero-order chi connectivity index (χ0) is 11.7. The summed E-state index contributed by atoms with van der Waals surface area (Å²) in [6, 6.07) is -0.320. The lowest BCUT2D eigenvalue weighted by molar-refractivity contribution is -0.120. The van der Waals surface area contributed by atoms with Gasteiger partial charge < -0.3 is 5.32 Å². The van der Waals surface area contributed by atoms with Crippen molar-refractivity contribution in [2.45, 2.75) is 26.8 Å². The van der Waals surface area contributed by atoms with E-state index in [4.69, 9.17) is 0 Å². The van der Waals surface area contributed by atoms with Gasteiger partial charge in [-0.15, -0.1) is 0 Å². The number of aryl methyl sites for hydroxylation is 1. The highest BCUT2D eigenvalue weighted by atomic mass is 16.2. The quantitative estimate of drug-likeness (QED) is 0.794. The van der Waals surface area contributed by atoms with Crippen molar-refractivity contribution in [3.05, 3.63) is 23.8 Å². The summed E-state index contributed by atoms with van der Waals surface area (Å²) in [5.74, 6) is 1.06. The third kappa shape index (κ3) is 1.93. The predicted octanol–water partition coefficient (Wildman–Crippen LogP) is 0.686. The minimum Gasteiger partial charge on any atom is -0.306 e. The summed E-state index contributed by atoms with van der Waals surface area (Å²) in [4.78, 5) is 24.1. The lowest BCUT2D eigenvalue weighted by Gasteiger charge is -2.06. The second-order valence-corrected chi connectivity index (χ2v) is 4.24. The van der Waals surface area contributed by atoms with Crippen LogP contribution in [0.3, 0.4) is 0 Å². The van der Waals surface area contributed by atoms with Crippen molar-refractivity contribution in [3.8, 4) is 0 Å². The standard InChI is InChI=1S/C11H14N4O/c1-6(2)8-11(16)15-10(14-8)9-12-4-7(3)5-13-9/h4-6,8H,1-3H3,(H,14,15,16). The molecule has 0 saturated heterocycles. The molecule has 0 fully saturated rings. The first-order valence-electron chi connectivity index (χ1n) is 5.25. The average Bonchev–Trinajstić information content (AvgIpc) is 2.61. The normalized spacial score (nSPS) is 19.9. The lowest BCUT2D eigenvalue weighted by atomic mass is 10.1. The number of hydrogen-bond acceptors (Lipinski definition) is 4. The van der Waals surface area contributed by atoms with E-state index in [2.05, 4.69) is 20.3 Å². The highest BCUT2D eigenvalue weighted by Crippen LogP contribution is 2.12. The van der Waals surface area contributed by atoms with Crippen LogP contribution < -0.4 is 5.32 Å². The smallest absolute Gasteiger partial charge is 0.250 e. The maximum Gasteiger partial charge on any atom is 0.250 e. The molecule has 0 saturated carbocycles. The zero-order valence-electron chi connectivity index (χ0n) is 9.56. The molecule has 1 aliphatic heterocycles. The topological polar surface area (TPSA) is 67.2 Å². The molecule has 0 aliphatic carbocycles. The van der Waals surface area contributed by atoms with Crippen molar-refractivity contribution in [1.82, 2.24) is 15.3 Å². The summed E-state index contributed by atoms with van der Waals surface area (Å²) in [6.07, 6.45) is 3.42. The van der Waals surface area contributed by atoms with Crippen molar-refractivity contribution < 1.29 is 4.79 Å². The number of amides is 1. The van der Waals surface area contributed by atoms with E-state index in [-0.39, 0.29) is 17.9 Å². The molecule has 1 amide bonds. The SMILES string of the molecule is Cc1cnc(C2=NC(C(C)C)C(=O)N2)nc1. The van der Waals surface area contributed by atoms with E-state index in [0.717, 1.165) is 5.56 Å². The van der Waals surface area contributed by atoms with E-state index >= 15 is 0 Å². The van der Waals surface area contributed by atoms with Gasteiger partial charge in [0.2, 0.25) is 0 Å². The fraction of sp³-hybridized carbons (Fsp3) is 0.455. The molecule has 1 aromatic heterocycles. The summed E-state index contributed by atoms with van der Waals surface area (Å²) < 4.78 is 0. The second-order valence-electron chi connectivity index (χ2n) is 4.24. The Bertz CT molecular complexity index is 436. The summed E-state index contributed by atoms with van der Waals surface area (Å²) in [7, 11) is 0. The maximum atomic E-state index is 11.6. The Labute approximate surface area is 94.0 Å². The number of aliphatic imine (C=N–C) groups is 1. The third-order valence-electron chi connectivity index (χ3n) is 2.40. The molecule has 5 nitrogen and oxygen atoms in total. The Hall–Kier alpha value is -1.78. The number of hydrogen-bond donors (Lipinski definition) is 1. The van der Waals surface area contributed by atoms with Crippen LogP contribution >= 0.6 is 0 Å². The summed E-state index contributed by atoms with van der Waals surface area (Å²) in [5, 5.41) is 2.71. The van der Waals surface area contributed by atoms with Gasteiger partial charge in [-0.05, 0) is 18.4 Å². The lowest BCUT2D eigenvalue weighted by Crippen LogP contribution is -2.32. The molecule has 2 heterocycles. The van der Waals surface area contributed by atoms with Gasteiger partial charge in [0, 0.05) is 12.4 Å². The predicted molar refractivity (Wildman–Crippen MR) is 60.1 cm³/mol. The summed E-state index contributed by atoms with van der Waals surface area (Å²) in [5.41, 5.74) is 0.981. The van der Waals surface area contributed by atoms with Crippen molar-refractivity contribution in [3.63, 3.8) is 0 Å². The van der Waals surface area contributed by atoms with E-state index in [9.17, 15) is 4.79 Å². The van der Waals surface area contributed by atoms with Crippen LogP contribution in [0.4, 0.5) is 0 Å². The van der Waals surface area contributed by atoms with Crippen LogP contribution in [0.15, 0.2) is 17.4 Å². The molecule has 0 aromatic carbocycles. The molecule has 5 heteroatoms. The molecule has 0 radical (unpaired) electrons. The number of aromatic nitrogens is 2. The molecule has 1 N–H and O–H groups in total. The van der Waals surface area contributed by atoms with Gasteiger partial charge in [-0.3, -0.25) is 9.79 Å². The number of rotatable bonds is 2. The van der Waals surface area contributed by atoms with Gasteiger partial charge in [-0.1, -0.05) is 13.8 Å². The molecule has 1 aliphatic rings. The van der Waals surface area contributed by atoms with Gasteiger partial charge in [0.15, 0.2) is 11.7 Å². The summed E-state index contributed by atoms with van der Waals surface area (Å²) in [6.45, 7) is 5.84. The third-order valence-corrected chi connectivity index (χ3v) is 2.40. The molecule has 1 atom stereocenters. The molecule has 0 bridgehead atoms. The molecule has 0 spiro atoms. The summed E-state index contributed by atoms with van der Waals surface area (Å²) >= 11 is 0. The highest BCUT2D eigenvalue weighted by Gasteiger charge is 2.30. The minimum absolute atomic E-state index is 0.0748. The number of nitrogens with zero attached hydrogens (tertiary/aromatic N) is 3. The van der Waals surface area contributed by atoms with Crippen LogP contribution in [0, 0.1) is 12.8 Å². The van der Waals surface area contributed by atoms with Gasteiger partial charge in [0.25, 0.3) is 5.91 Å². The minimum atomic E-state index is -0.320. The molecule has 1 unspecified atom stereocenters. The number of carbonyl (C=O) groups excluding carboxylic acids is 1. The van der Waals surface area contributed by atoms with Crippen LogP contribution in [0.5, 0.6) is 0 Å². The monoisotopic (exact) mass is 218 g/mol. The van der Waals surface area contributed by atoms with Gasteiger partial charge in [-0.2, -0.15) is 0 Å². The molecule has 84 valence electrons. The molecule has 16 heavy (non-hydrogen) atoms. The Kier molecular flexibility index (Phi) is 2.68. The molecular formula is C11H14N4O. The van der Waals surface area contributed by atoms with Crippen molar-refractivity contribution in [2.75, 3.05) is 0 Å². The first-order chi connectivity index (χ1) is 7.58. The van der Waals surface area contributed by atoms with Gasteiger partial charge >= 0.3 is 0 Å². The first-order valence-corrected chi connectivity index (χ1v) is 5.25. The van der Waals surface area contributed by atoms with Crippen LogP contribution in [-0.4, -0.2) is 27.8 Å². The Morgan fingerprint density at radius 2 is 1.94 bits per heavy atom. The van der Waals surface area contributed by atoms with E-state index in [1.165, 1.54) is 0 Å². The zero-order valence-corrected chi connectivity index (χ0v) is 9.56. The van der Waals surface area contributed by atoms with Gasteiger partial charge in [0.05, 0.1) is 0 Å². The first kappa shape index (κ1) is 10.7. The van der Waals surface area contributed by atoms with Crippen molar-refractivity contribution in [1.29, 1.82) is 0 Å². The average molecular weight is 218 g/mol. The van der Waals surface area contributed by atoms with Crippen LogP contribution in [0.2, 0.25) is 0 Å². The van der Waals surface area contributed by atoms with Crippen molar-refractivity contribution in [2.24, 2.45) is 10.9 Å². The largest absolute Gasteiger partial charge is 0.306 e. The Morgan fingerprint density at radius 1 is 1.31 bits per heavy atom. The van der Waals surface area contributed by atoms with E-state index < -0.39 is 0 Å². The maximum absolute atomic E-state index is 11.6. The molecule has 2 rings (SSSR count). The Morgan fingerprint density at radius 3 is 2.44 bits per heavy atom. The van der Waals surface area contributed by atoms with Crippen LogP contribution in [0.25, 0.3) is 0 Å². The van der Waals surface area contributed by atoms with Crippen molar-refractivity contribution >= 4 is 11.7 Å². The fourth-order valence-electron chi connectivity index (χ4n) is 1.50. The molecular weight excluding hydrogens is 204 g/mol. The van der Waals surface area contributed by atoms with E-state index in [0.29, 0.717) is 11.7 Å². The van der Waals surface area contributed by atoms with Gasteiger partial charge in [-0.25, -0.2) is 9.97 Å². The highest BCUT2D eigenvalue weighted by molar-refractivity contribution is 6.12. The number of nitrogens with one attached hydrogen (secondary N) is 1. The van der Waals surface area contributed by atoms with Gasteiger partial charge in [0.1, 0.15) is 6.04 Å². The second kappa shape index (κ2) is 4.00. The fourth-order valence-corrected chi connectivity index (χ4v) is 1.50. The number of amidine groups is 1. The van der Waals surface area contributed by atoms with Crippen LogP contribution in [0.1, 0.15) is 25.2 Å². The number of carbonyl (C=O) groups is 1. The Balaban J connectivity index is 2.27. The van der Waals surface area contributed by atoms with Crippen LogP contribution in [-0.2, 0) is 4.79 Å². The molecule has 1 aromatic rings. The van der Waals surface area contributed by atoms with E-state index in [1.54, 1.807) is 12.4 Å².